The highest BCUT2D eigenvalue weighted by Gasteiger charge is 2.14. The van der Waals surface area contributed by atoms with Gasteiger partial charge in [-0.2, -0.15) is 0 Å². The minimum Gasteiger partial charge on any atom is -0.371 e. The van der Waals surface area contributed by atoms with Crippen LogP contribution in [0, 0.1) is 0 Å². The Morgan fingerprint density at radius 3 is 2.50 bits per heavy atom. The molecule has 1 aliphatic heterocycles. The minimum absolute atomic E-state index is 0.250. The SMILES string of the molecule is CC.c1ccc(C2CNCCO2)cc1. The molecule has 2 heteroatoms. The Bertz CT molecular complexity index is 229. The number of benzene rings is 1. The molecular weight excluding hydrogens is 174 g/mol. The zero-order chi connectivity index (χ0) is 10.2. The molecule has 1 N–H and O–H groups in total. The molecule has 1 aromatic carbocycles. The molecule has 1 aliphatic rings. The van der Waals surface area contributed by atoms with Gasteiger partial charge in [0.1, 0.15) is 0 Å². The fraction of sp³-hybridized carbons (Fsp3) is 0.500. The second-order valence-electron chi connectivity index (χ2n) is 2.97. The van der Waals surface area contributed by atoms with Gasteiger partial charge in [0, 0.05) is 13.1 Å². The van der Waals surface area contributed by atoms with Gasteiger partial charge < -0.3 is 10.1 Å². The summed E-state index contributed by atoms with van der Waals surface area (Å²) < 4.78 is 5.60. The molecule has 1 fully saturated rings. The number of nitrogens with one attached hydrogen (secondary N) is 1. The van der Waals surface area contributed by atoms with E-state index in [0.717, 1.165) is 19.7 Å². The quantitative estimate of drug-likeness (QED) is 0.739. The molecular formula is C12H19NO. The van der Waals surface area contributed by atoms with E-state index in [1.807, 2.05) is 32.0 Å². The molecule has 78 valence electrons. The molecule has 1 atom stereocenters. The summed E-state index contributed by atoms with van der Waals surface area (Å²) >= 11 is 0. The topological polar surface area (TPSA) is 21.3 Å². The fourth-order valence-electron chi connectivity index (χ4n) is 1.45. The average molecular weight is 193 g/mol. The molecule has 14 heavy (non-hydrogen) atoms. The minimum atomic E-state index is 0.250. The molecule has 2 rings (SSSR count). The van der Waals surface area contributed by atoms with Crippen molar-refractivity contribution in [3.8, 4) is 0 Å². The van der Waals surface area contributed by atoms with Crippen molar-refractivity contribution in [2.75, 3.05) is 19.7 Å². The number of ether oxygens (including phenoxy) is 1. The molecule has 0 aromatic heterocycles. The third kappa shape index (κ3) is 3.13. The van der Waals surface area contributed by atoms with Gasteiger partial charge >= 0.3 is 0 Å². The van der Waals surface area contributed by atoms with Crippen molar-refractivity contribution in [2.45, 2.75) is 20.0 Å². The first-order valence-electron chi connectivity index (χ1n) is 5.34. The second-order valence-corrected chi connectivity index (χ2v) is 2.97. The van der Waals surface area contributed by atoms with Crippen molar-refractivity contribution in [3.05, 3.63) is 35.9 Å². The van der Waals surface area contributed by atoms with Gasteiger partial charge in [-0.15, -0.1) is 0 Å². The summed E-state index contributed by atoms with van der Waals surface area (Å²) in [7, 11) is 0. The lowest BCUT2D eigenvalue weighted by molar-refractivity contribution is 0.0277. The van der Waals surface area contributed by atoms with Crippen molar-refractivity contribution in [1.82, 2.24) is 5.32 Å². The first kappa shape index (κ1) is 11.2. The summed E-state index contributed by atoms with van der Waals surface area (Å²) in [6.07, 6.45) is 0.250. The van der Waals surface area contributed by atoms with E-state index in [9.17, 15) is 0 Å². The molecule has 1 aromatic rings. The summed E-state index contributed by atoms with van der Waals surface area (Å²) in [5.41, 5.74) is 1.27. The Kier molecular flexibility index (Phi) is 5.27. The Morgan fingerprint density at radius 2 is 1.93 bits per heavy atom. The van der Waals surface area contributed by atoms with Gasteiger partial charge in [-0.3, -0.25) is 0 Å². The lowest BCUT2D eigenvalue weighted by Crippen LogP contribution is -2.33. The van der Waals surface area contributed by atoms with Gasteiger partial charge in [0.15, 0.2) is 0 Å². The highest BCUT2D eigenvalue weighted by atomic mass is 16.5. The van der Waals surface area contributed by atoms with Gasteiger partial charge in [-0.25, -0.2) is 0 Å². The molecule has 0 radical (unpaired) electrons. The van der Waals surface area contributed by atoms with Crippen LogP contribution in [0.25, 0.3) is 0 Å². The van der Waals surface area contributed by atoms with Crippen LogP contribution in [-0.2, 0) is 4.74 Å². The van der Waals surface area contributed by atoms with E-state index in [1.54, 1.807) is 0 Å². The molecule has 1 unspecified atom stereocenters. The standard InChI is InChI=1S/C10H13NO.C2H6/c1-2-4-9(5-3-1)10-8-11-6-7-12-10;1-2/h1-5,10-11H,6-8H2;1-2H3. The van der Waals surface area contributed by atoms with Gasteiger partial charge in [0.25, 0.3) is 0 Å². The number of rotatable bonds is 1. The first-order chi connectivity index (χ1) is 6.97. The van der Waals surface area contributed by atoms with Crippen LogP contribution in [0.3, 0.4) is 0 Å². The van der Waals surface area contributed by atoms with Crippen LogP contribution in [0.4, 0.5) is 0 Å². The third-order valence-corrected chi connectivity index (χ3v) is 2.10. The number of hydrogen-bond donors (Lipinski definition) is 1. The van der Waals surface area contributed by atoms with Crippen LogP contribution in [0.5, 0.6) is 0 Å². The van der Waals surface area contributed by atoms with Crippen LogP contribution in [0.1, 0.15) is 25.5 Å². The maximum Gasteiger partial charge on any atom is 0.0949 e. The van der Waals surface area contributed by atoms with Gasteiger partial charge in [-0.05, 0) is 5.56 Å². The normalized spacial score (nSPS) is 20.9. The Balaban J connectivity index is 0.000000461. The van der Waals surface area contributed by atoms with Gasteiger partial charge in [0.05, 0.1) is 12.7 Å². The fourth-order valence-corrected chi connectivity index (χ4v) is 1.45. The van der Waals surface area contributed by atoms with Crippen LogP contribution in [-0.4, -0.2) is 19.7 Å². The Labute approximate surface area is 86.3 Å². The zero-order valence-corrected chi connectivity index (χ0v) is 8.99. The smallest absolute Gasteiger partial charge is 0.0949 e. The molecule has 1 saturated heterocycles. The summed E-state index contributed by atoms with van der Waals surface area (Å²) in [6.45, 7) is 6.73. The monoisotopic (exact) mass is 193 g/mol. The zero-order valence-electron chi connectivity index (χ0n) is 8.99. The molecule has 2 nitrogen and oxygen atoms in total. The van der Waals surface area contributed by atoms with E-state index < -0.39 is 0 Å². The van der Waals surface area contributed by atoms with Crippen molar-refractivity contribution in [2.24, 2.45) is 0 Å². The van der Waals surface area contributed by atoms with Crippen LogP contribution in [0.15, 0.2) is 30.3 Å². The average Bonchev–Trinajstić information content (AvgIpc) is 2.34. The summed E-state index contributed by atoms with van der Waals surface area (Å²) in [6, 6.07) is 10.3. The number of morpholine rings is 1. The first-order valence-corrected chi connectivity index (χ1v) is 5.34. The molecule has 1 heterocycles. The lowest BCUT2D eigenvalue weighted by Gasteiger charge is -2.23. The maximum atomic E-state index is 5.60. The van der Waals surface area contributed by atoms with E-state index >= 15 is 0 Å². The largest absolute Gasteiger partial charge is 0.371 e. The highest BCUT2D eigenvalue weighted by Crippen LogP contribution is 2.17. The van der Waals surface area contributed by atoms with Crippen molar-refractivity contribution in [3.63, 3.8) is 0 Å². The molecule has 0 saturated carbocycles. The molecule has 0 bridgehead atoms. The summed E-state index contributed by atoms with van der Waals surface area (Å²) in [4.78, 5) is 0. The van der Waals surface area contributed by atoms with E-state index in [2.05, 4.69) is 17.4 Å². The van der Waals surface area contributed by atoms with Crippen LogP contribution < -0.4 is 5.32 Å². The van der Waals surface area contributed by atoms with Crippen molar-refractivity contribution in [1.29, 1.82) is 0 Å². The van der Waals surface area contributed by atoms with E-state index in [-0.39, 0.29) is 6.10 Å². The van der Waals surface area contributed by atoms with Gasteiger partial charge in [0.2, 0.25) is 0 Å². The van der Waals surface area contributed by atoms with E-state index in [0.29, 0.717) is 0 Å². The number of hydrogen-bond acceptors (Lipinski definition) is 2. The van der Waals surface area contributed by atoms with Crippen molar-refractivity contribution >= 4 is 0 Å². The maximum absolute atomic E-state index is 5.60. The molecule has 0 aliphatic carbocycles. The predicted molar refractivity (Wildman–Crippen MR) is 59.4 cm³/mol. The second kappa shape index (κ2) is 6.57. The van der Waals surface area contributed by atoms with E-state index in [4.69, 9.17) is 4.74 Å². The Morgan fingerprint density at radius 1 is 1.21 bits per heavy atom. The summed E-state index contributed by atoms with van der Waals surface area (Å²) in [5, 5.41) is 3.31. The van der Waals surface area contributed by atoms with Crippen molar-refractivity contribution < 1.29 is 4.74 Å². The lowest BCUT2D eigenvalue weighted by atomic mass is 10.1. The predicted octanol–water partition coefficient (Wildman–Crippen LogP) is 2.37. The van der Waals surface area contributed by atoms with E-state index in [1.165, 1.54) is 5.56 Å². The Hall–Kier alpha value is -0.860. The third-order valence-electron chi connectivity index (χ3n) is 2.10. The van der Waals surface area contributed by atoms with Gasteiger partial charge in [-0.1, -0.05) is 44.2 Å². The highest BCUT2D eigenvalue weighted by molar-refractivity contribution is 5.18. The summed E-state index contributed by atoms with van der Waals surface area (Å²) in [5.74, 6) is 0. The van der Waals surface area contributed by atoms with Crippen LogP contribution in [0.2, 0.25) is 0 Å². The molecule has 0 spiro atoms. The molecule has 0 amide bonds. The van der Waals surface area contributed by atoms with Crippen LogP contribution >= 0.6 is 0 Å².